The van der Waals surface area contributed by atoms with Crippen molar-refractivity contribution < 1.29 is 0 Å². The van der Waals surface area contributed by atoms with E-state index in [1.165, 1.54) is 4.88 Å². The predicted molar refractivity (Wildman–Crippen MR) is 117 cm³/mol. The lowest BCUT2D eigenvalue weighted by molar-refractivity contribution is 0.487. The fraction of sp³-hybridized carbons (Fsp3) is 0.350. The maximum Gasteiger partial charge on any atom is 0.204 e. The Morgan fingerprint density at radius 2 is 1.86 bits per heavy atom. The third kappa shape index (κ3) is 4.91. The van der Waals surface area contributed by atoms with Crippen molar-refractivity contribution >= 4 is 23.1 Å². The van der Waals surface area contributed by atoms with E-state index in [1.807, 2.05) is 36.4 Å². The van der Waals surface area contributed by atoms with E-state index in [-0.39, 0.29) is 0 Å². The van der Waals surface area contributed by atoms with Crippen molar-refractivity contribution in [3.05, 3.63) is 47.8 Å². The molecule has 3 aromatic heterocycles. The van der Waals surface area contributed by atoms with Crippen LogP contribution in [0.15, 0.2) is 53.0 Å². The molecule has 0 bridgehead atoms. The smallest absolute Gasteiger partial charge is 0.204 e. The van der Waals surface area contributed by atoms with Gasteiger partial charge in [-0.05, 0) is 36.4 Å². The molecule has 7 nitrogen and oxygen atoms in total. The first-order valence-electron chi connectivity index (χ1n) is 9.78. The maximum absolute atomic E-state index is 4.46. The number of thiophene rings is 1. The molecule has 0 unspecified atom stereocenters. The van der Waals surface area contributed by atoms with Crippen LogP contribution in [-0.4, -0.2) is 40.7 Å². The minimum atomic E-state index is 0.682. The number of aromatic nitrogens is 7. The highest BCUT2D eigenvalue weighted by atomic mass is 32.2. The van der Waals surface area contributed by atoms with E-state index in [0.717, 1.165) is 54.6 Å². The van der Waals surface area contributed by atoms with Gasteiger partial charge in [0, 0.05) is 17.9 Å². The standard InChI is InChI=1S/C20H23N7S2/c1-2-26-19(17-12-9-15-28-17)22-23-20(26)29-14-8-4-7-13-27-24-18(21-25-27)16-10-5-3-6-11-16/h3,5-6,9-12,15H,2,4,7-8,13-14H2,1H3. The first-order valence-corrected chi connectivity index (χ1v) is 11.6. The molecule has 0 aliphatic rings. The van der Waals surface area contributed by atoms with Crippen LogP contribution in [0.25, 0.3) is 22.1 Å². The second kappa shape index (κ2) is 9.80. The van der Waals surface area contributed by atoms with Gasteiger partial charge in [-0.15, -0.1) is 31.7 Å². The lowest BCUT2D eigenvalue weighted by Gasteiger charge is -2.06. The Hall–Kier alpha value is -2.52. The molecule has 0 spiro atoms. The van der Waals surface area contributed by atoms with Gasteiger partial charge in [0.25, 0.3) is 0 Å². The van der Waals surface area contributed by atoms with E-state index in [1.54, 1.807) is 27.9 Å². The number of unbranched alkanes of at least 4 members (excludes halogenated alkanes) is 2. The summed E-state index contributed by atoms with van der Waals surface area (Å²) >= 11 is 3.48. The Kier molecular flexibility index (Phi) is 6.68. The molecule has 4 aromatic rings. The van der Waals surface area contributed by atoms with Crippen LogP contribution < -0.4 is 0 Å². The van der Waals surface area contributed by atoms with Crippen molar-refractivity contribution in [3.8, 4) is 22.1 Å². The SMILES string of the molecule is CCn1c(SCCCCCn2nnc(-c3ccccc3)n2)nnc1-c1cccs1. The van der Waals surface area contributed by atoms with Crippen LogP contribution in [0.1, 0.15) is 26.2 Å². The topological polar surface area (TPSA) is 74.3 Å². The van der Waals surface area contributed by atoms with Gasteiger partial charge >= 0.3 is 0 Å². The zero-order chi connectivity index (χ0) is 19.9. The van der Waals surface area contributed by atoms with Gasteiger partial charge in [-0.25, -0.2) is 0 Å². The maximum atomic E-state index is 4.46. The Bertz CT molecular complexity index is 1010. The molecule has 0 fully saturated rings. The largest absolute Gasteiger partial charge is 0.302 e. The first-order chi connectivity index (χ1) is 14.3. The summed E-state index contributed by atoms with van der Waals surface area (Å²) in [5.41, 5.74) is 0.997. The van der Waals surface area contributed by atoms with E-state index in [9.17, 15) is 0 Å². The molecule has 3 heterocycles. The lowest BCUT2D eigenvalue weighted by Crippen LogP contribution is -2.03. The minimum absolute atomic E-state index is 0.682. The van der Waals surface area contributed by atoms with Crippen molar-refractivity contribution in [1.82, 2.24) is 35.0 Å². The van der Waals surface area contributed by atoms with Gasteiger partial charge in [0.2, 0.25) is 5.82 Å². The highest BCUT2D eigenvalue weighted by Gasteiger charge is 2.13. The number of benzene rings is 1. The fourth-order valence-electron chi connectivity index (χ4n) is 3.00. The molecule has 1 aromatic carbocycles. The summed E-state index contributed by atoms with van der Waals surface area (Å²) in [7, 11) is 0. The number of thioether (sulfide) groups is 1. The molecule has 0 atom stereocenters. The Balaban J connectivity index is 1.21. The van der Waals surface area contributed by atoms with Gasteiger partial charge in [0.05, 0.1) is 11.4 Å². The van der Waals surface area contributed by atoms with Gasteiger partial charge in [0.1, 0.15) is 0 Å². The molecular weight excluding hydrogens is 402 g/mol. The monoisotopic (exact) mass is 425 g/mol. The second-order valence-electron chi connectivity index (χ2n) is 6.51. The van der Waals surface area contributed by atoms with E-state index < -0.39 is 0 Å². The molecule has 9 heteroatoms. The summed E-state index contributed by atoms with van der Waals surface area (Å²) in [6.45, 7) is 3.81. The summed E-state index contributed by atoms with van der Waals surface area (Å²) in [5.74, 6) is 2.68. The molecule has 0 saturated carbocycles. The van der Waals surface area contributed by atoms with Gasteiger partial charge < -0.3 is 4.57 Å². The van der Waals surface area contributed by atoms with E-state index in [0.29, 0.717) is 5.82 Å². The average Bonchev–Trinajstić information content (AvgIpc) is 3.51. The second-order valence-corrected chi connectivity index (χ2v) is 8.52. The quantitative estimate of drug-likeness (QED) is 0.272. The van der Waals surface area contributed by atoms with Crippen LogP contribution in [-0.2, 0) is 13.1 Å². The van der Waals surface area contributed by atoms with Crippen LogP contribution in [0, 0.1) is 0 Å². The molecule has 0 aliphatic carbocycles. The Labute approximate surface area is 178 Å². The van der Waals surface area contributed by atoms with Gasteiger partial charge in [0.15, 0.2) is 11.0 Å². The number of hydrogen-bond acceptors (Lipinski definition) is 7. The van der Waals surface area contributed by atoms with Crippen LogP contribution in [0.5, 0.6) is 0 Å². The van der Waals surface area contributed by atoms with Crippen LogP contribution in [0.3, 0.4) is 0 Å². The van der Waals surface area contributed by atoms with Crippen LogP contribution in [0.2, 0.25) is 0 Å². The number of aryl methyl sites for hydroxylation is 1. The number of tetrazole rings is 1. The van der Waals surface area contributed by atoms with Crippen LogP contribution >= 0.6 is 23.1 Å². The van der Waals surface area contributed by atoms with Crippen molar-refractivity contribution in [2.45, 2.75) is 44.4 Å². The van der Waals surface area contributed by atoms with Crippen LogP contribution in [0.4, 0.5) is 0 Å². The predicted octanol–water partition coefficient (Wildman–Crippen LogP) is 4.64. The summed E-state index contributed by atoms with van der Waals surface area (Å²) < 4.78 is 2.20. The molecule has 4 rings (SSSR count). The highest BCUT2D eigenvalue weighted by Crippen LogP contribution is 2.27. The molecule has 0 aliphatic heterocycles. The molecular formula is C20H23N7S2. The molecule has 29 heavy (non-hydrogen) atoms. The molecule has 0 radical (unpaired) electrons. The van der Waals surface area contributed by atoms with Crippen molar-refractivity contribution in [2.75, 3.05) is 5.75 Å². The van der Waals surface area contributed by atoms with Crippen molar-refractivity contribution in [3.63, 3.8) is 0 Å². The first kappa shape index (κ1) is 19.8. The molecule has 0 amide bonds. The van der Waals surface area contributed by atoms with Crippen molar-refractivity contribution in [1.29, 1.82) is 0 Å². The molecule has 150 valence electrons. The van der Waals surface area contributed by atoms with E-state index in [2.05, 4.69) is 48.5 Å². The summed E-state index contributed by atoms with van der Waals surface area (Å²) in [4.78, 5) is 2.86. The lowest BCUT2D eigenvalue weighted by atomic mass is 10.2. The Morgan fingerprint density at radius 1 is 0.966 bits per heavy atom. The third-order valence-corrected chi connectivity index (χ3v) is 6.41. The fourth-order valence-corrected chi connectivity index (χ4v) is 4.72. The highest BCUT2D eigenvalue weighted by molar-refractivity contribution is 7.99. The Morgan fingerprint density at radius 3 is 2.66 bits per heavy atom. The normalized spacial score (nSPS) is 11.2. The van der Waals surface area contributed by atoms with Gasteiger partial charge in [-0.1, -0.05) is 54.6 Å². The number of nitrogens with zero attached hydrogens (tertiary/aromatic N) is 7. The zero-order valence-electron chi connectivity index (χ0n) is 16.3. The number of hydrogen-bond donors (Lipinski definition) is 0. The average molecular weight is 426 g/mol. The molecule has 0 saturated heterocycles. The van der Waals surface area contributed by atoms with Gasteiger partial charge in [-0.3, -0.25) is 0 Å². The number of rotatable bonds is 10. The zero-order valence-corrected chi connectivity index (χ0v) is 17.9. The van der Waals surface area contributed by atoms with Crippen molar-refractivity contribution in [2.24, 2.45) is 0 Å². The molecule has 0 N–H and O–H groups in total. The van der Waals surface area contributed by atoms with E-state index >= 15 is 0 Å². The minimum Gasteiger partial charge on any atom is -0.302 e. The summed E-state index contributed by atoms with van der Waals surface area (Å²) in [6, 6.07) is 14.1. The summed E-state index contributed by atoms with van der Waals surface area (Å²) in [5, 5.41) is 24.6. The van der Waals surface area contributed by atoms with E-state index in [4.69, 9.17) is 0 Å². The summed E-state index contributed by atoms with van der Waals surface area (Å²) in [6.07, 6.45) is 3.27. The third-order valence-electron chi connectivity index (χ3n) is 4.49. The van der Waals surface area contributed by atoms with Gasteiger partial charge in [-0.2, -0.15) is 4.80 Å².